The first kappa shape index (κ1) is 22.3. The number of benzene rings is 2. The van der Waals surface area contributed by atoms with Crippen LogP contribution in [0.3, 0.4) is 0 Å². The number of nitrogens with two attached hydrogens (primary N) is 1. The smallest absolute Gasteiger partial charge is 0.244 e. The molecule has 0 aliphatic rings. The second-order valence-electron chi connectivity index (χ2n) is 7.80. The molecular formula is C28H22N4O2S. The van der Waals surface area contributed by atoms with Crippen molar-refractivity contribution in [2.45, 2.75) is 6.54 Å². The van der Waals surface area contributed by atoms with Crippen LogP contribution in [0.4, 0.5) is 5.82 Å². The van der Waals surface area contributed by atoms with Gasteiger partial charge in [0.15, 0.2) is 0 Å². The van der Waals surface area contributed by atoms with Crippen molar-refractivity contribution in [3.05, 3.63) is 108 Å². The minimum atomic E-state index is -0.190. The van der Waals surface area contributed by atoms with Gasteiger partial charge >= 0.3 is 0 Å². The van der Waals surface area contributed by atoms with Gasteiger partial charge in [0.05, 0.1) is 0 Å². The van der Waals surface area contributed by atoms with Crippen LogP contribution in [0.15, 0.2) is 96.8 Å². The van der Waals surface area contributed by atoms with E-state index in [4.69, 9.17) is 10.5 Å². The summed E-state index contributed by atoms with van der Waals surface area (Å²) in [5.74, 6) is 1.81. The number of nitrogens with one attached hydrogen (secondary N) is 1. The Kier molecular flexibility index (Phi) is 6.50. The number of anilines is 1. The number of hydrogen-bond acceptors (Lipinski definition) is 6. The molecule has 3 aromatic heterocycles. The number of thiophene rings is 1. The fourth-order valence-electron chi connectivity index (χ4n) is 3.66. The second kappa shape index (κ2) is 10.2. The SMILES string of the molecule is Nc1ncc(/C=C/C(=O)NCc2cccnc2)c2scc(-c3ccc(Oc4ccccc4)cc3)c12. The van der Waals surface area contributed by atoms with Gasteiger partial charge in [-0.05, 0) is 52.9 Å². The van der Waals surface area contributed by atoms with Crippen LogP contribution in [0, 0.1) is 0 Å². The van der Waals surface area contributed by atoms with Gasteiger partial charge in [-0.15, -0.1) is 11.3 Å². The number of fused-ring (bicyclic) bond motifs is 1. The molecule has 0 unspecified atom stereocenters. The quantitative estimate of drug-likeness (QED) is 0.277. The molecule has 3 N–H and O–H groups in total. The maximum Gasteiger partial charge on any atom is 0.244 e. The van der Waals surface area contributed by atoms with E-state index in [0.29, 0.717) is 12.4 Å². The average Bonchev–Trinajstić information content (AvgIpc) is 3.35. The van der Waals surface area contributed by atoms with Gasteiger partial charge < -0.3 is 15.8 Å². The Morgan fingerprint density at radius 2 is 1.80 bits per heavy atom. The Hall–Kier alpha value is -4.49. The minimum absolute atomic E-state index is 0.190. The zero-order valence-electron chi connectivity index (χ0n) is 18.7. The van der Waals surface area contributed by atoms with Crippen molar-refractivity contribution in [3.63, 3.8) is 0 Å². The maximum atomic E-state index is 12.3. The lowest BCUT2D eigenvalue weighted by Gasteiger charge is -2.07. The maximum absolute atomic E-state index is 12.3. The van der Waals surface area contributed by atoms with Crippen LogP contribution in [0.5, 0.6) is 11.5 Å². The van der Waals surface area contributed by atoms with E-state index in [2.05, 4.69) is 20.7 Å². The number of para-hydroxylation sites is 1. The molecule has 172 valence electrons. The summed E-state index contributed by atoms with van der Waals surface area (Å²) in [7, 11) is 0. The number of aromatic nitrogens is 2. The Morgan fingerprint density at radius 3 is 2.57 bits per heavy atom. The summed E-state index contributed by atoms with van der Waals surface area (Å²) in [5.41, 5.74) is 10.1. The summed E-state index contributed by atoms with van der Waals surface area (Å²) < 4.78 is 6.88. The summed E-state index contributed by atoms with van der Waals surface area (Å²) in [6.07, 6.45) is 8.40. The molecule has 0 spiro atoms. The zero-order chi connectivity index (χ0) is 24.0. The normalized spacial score (nSPS) is 11.1. The Labute approximate surface area is 206 Å². The fourth-order valence-corrected chi connectivity index (χ4v) is 4.74. The van der Waals surface area contributed by atoms with E-state index in [1.807, 2.05) is 66.7 Å². The molecule has 2 aromatic carbocycles. The van der Waals surface area contributed by atoms with Crippen molar-refractivity contribution in [3.8, 4) is 22.6 Å². The summed E-state index contributed by atoms with van der Waals surface area (Å²) in [4.78, 5) is 20.7. The van der Waals surface area contributed by atoms with E-state index in [1.165, 1.54) is 6.08 Å². The van der Waals surface area contributed by atoms with Crippen molar-refractivity contribution in [1.82, 2.24) is 15.3 Å². The Bertz CT molecular complexity index is 1480. The first-order valence-electron chi connectivity index (χ1n) is 11.0. The average molecular weight is 479 g/mol. The highest BCUT2D eigenvalue weighted by Crippen LogP contribution is 2.39. The van der Waals surface area contributed by atoms with Crippen LogP contribution < -0.4 is 15.8 Å². The lowest BCUT2D eigenvalue weighted by molar-refractivity contribution is -0.116. The molecule has 7 heteroatoms. The highest BCUT2D eigenvalue weighted by atomic mass is 32.1. The van der Waals surface area contributed by atoms with E-state index in [9.17, 15) is 4.79 Å². The Morgan fingerprint density at radius 1 is 1.00 bits per heavy atom. The van der Waals surface area contributed by atoms with Gasteiger partial charge in [-0.2, -0.15) is 0 Å². The Balaban J connectivity index is 1.35. The summed E-state index contributed by atoms with van der Waals surface area (Å²) in [6, 6.07) is 21.3. The molecular weight excluding hydrogens is 456 g/mol. The van der Waals surface area contributed by atoms with E-state index in [0.717, 1.165) is 43.8 Å². The van der Waals surface area contributed by atoms with E-state index in [-0.39, 0.29) is 5.91 Å². The van der Waals surface area contributed by atoms with E-state index in [1.54, 1.807) is 36.0 Å². The molecule has 5 aromatic rings. The van der Waals surface area contributed by atoms with Crippen LogP contribution in [0.2, 0.25) is 0 Å². The molecule has 5 rings (SSSR count). The number of carbonyl (C=O) groups excluding carboxylic acids is 1. The summed E-state index contributed by atoms with van der Waals surface area (Å²) in [5, 5.41) is 5.81. The topological polar surface area (TPSA) is 90.1 Å². The van der Waals surface area contributed by atoms with E-state index < -0.39 is 0 Å². The number of nitrogens with zero attached hydrogens (tertiary/aromatic N) is 2. The van der Waals surface area contributed by atoms with Gasteiger partial charge in [0, 0.05) is 52.4 Å². The monoisotopic (exact) mass is 478 g/mol. The molecule has 3 heterocycles. The number of amides is 1. The lowest BCUT2D eigenvalue weighted by atomic mass is 10.0. The number of ether oxygens (including phenoxy) is 1. The second-order valence-corrected chi connectivity index (χ2v) is 8.68. The zero-order valence-corrected chi connectivity index (χ0v) is 19.5. The highest BCUT2D eigenvalue weighted by molar-refractivity contribution is 7.18. The molecule has 0 aliphatic heterocycles. The molecule has 0 radical (unpaired) electrons. The summed E-state index contributed by atoms with van der Waals surface area (Å²) >= 11 is 1.58. The molecule has 0 saturated heterocycles. The van der Waals surface area contributed by atoms with Crippen molar-refractivity contribution < 1.29 is 9.53 Å². The van der Waals surface area contributed by atoms with Crippen LogP contribution in [0.1, 0.15) is 11.1 Å². The standard InChI is InChI=1S/C28H22N4O2S/c29-28-26-24(20-8-11-23(12-9-20)34-22-6-2-1-3-7-22)18-35-27(26)21(17-32-28)10-13-25(33)31-16-19-5-4-14-30-15-19/h1-15,17-18H,16H2,(H2,29,32)(H,31,33)/b13-10+. The number of carbonyl (C=O) groups is 1. The first-order chi connectivity index (χ1) is 17.2. The van der Waals surface area contributed by atoms with Crippen LogP contribution >= 0.6 is 11.3 Å². The lowest BCUT2D eigenvalue weighted by Crippen LogP contribution is -2.20. The van der Waals surface area contributed by atoms with Gasteiger partial charge in [0.2, 0.25) is 5.91 Å². The van der Waals surface area contributed by atoms with Gasteiger partial charge in [-0.25, -0.2) is 4.98 Å². The van der Waals surface area contributed by atoms with Crippen molar-refractivity contribution in [2.24, 2.45) is 0 Å². The number of nitrogen functional groups attached to an aromatic ring is 1. The molecule has 0 saturated carbocycles. The third-order valence-corrected chi connectivity index (χ3v) is 6.43. The predicted molar refractivity (Wildman–Crippen MR) is 141 cm³/mol. The molecule has 6 nitrogen and oxygen atoms in total. The molecule has 0 aliphatic carbocycles. The minimum Gasteiger partial charge on any atom is -0.457 e. The van der Waals surface area contributed by atoms with Gasteiger partial charge in [0.25, 0.3) is 0 Å². The predicted octanol–water partition coefficient (Wildman–Crippen LogP) is 6.06. The fraction of sp³-hybridized carbons (Fsp3) is 0.0357. The molecule has 0 atom stereocenters. The molecule has 0 bridgehead atoms. The van der Waals surface area contributed by atoms with Gasteiger partial charge in [-0.1, -0.05) is 36.4 Å². The number of hydrogen-bond donors (Lipinski definition) is 2. The van der Waals surface area contributed by atoms with Crippen molar-refractivity contribution in [2.75, 3.05) is 5.73 Å². The summed E-state index contributed by atoms with van der Waals surface area (Å²) in [6.45, 7) is 0.416. The van der Waals surface area contributed by atoms with Crippen LogP contribution in [-0.2, 0) is 11.3 Å². The number of rotatable bonds is 7. The van der Waals surface area contributed by atoms with Crippen LogP contribution in [-0.4, -0.2) is 15.9 Å². The van der Waals surface area contributed by atoms with Gasteiger partial charge in [-0.3, -0.25) is 9.78 Å². The van der Waals surface area contributed by atoms with Crippen molar-refractivity contribution >= 4 is 39.2 Å². The molecule has 1 amide bonds. The first-order valence-corrected chi connectivity index (χ1v) is 11.9. The number of pyridine rings is 2. The highest BCUT2D eigenvalue weighted by Gasteiger charge is 2.13. The third kappa shape index (κ3) is 5.20. The largest absolute Gasteiger partial charge is 0.457 e. The molecule has 0 fully saturated rings. The molecule has 35 heavy (non-hydrogen) atoms. The van der Waals surface area contributed by atoms with Crippen molar-refractivity contribution in [1.29, 1.82) is 0 Å². The van der Waals surface area contributed by atoms with Gasteiger partial charge in [0.1, 0.15) is 17.3 Å². The van der Waals surface area contributed by atoms with E-state index >= 15 is 0 Å². The third-order valence-electron chi connectivity index (χ3n) is 5.40. The van der Waals surface area contributed by atoms with Crippen LogP contribution in [0.25, 0.3) is 27.3 Å².